The maximum absolute atomic E-state index is 9.24. The standard InChI is InChI=1S/C16H25N3O2/c20-14-10-16(11-14)21-15-4-3-13(18-12-15)2-1-7-19-8-5-17-6-9-19/h3-4,12,14,16-17,20H,1-2,5-11H2. The lowest BCUT2D eigenvalue weighted by molar-refractivity contribution is -0.0109. The lowest BCUT2D eigenvalue weighted by atomic mass is 9.92. The van der Waals surface area contributed by atoms with Crippen molar-refractivity contribution in [3.8, 4) is 5.75 Å². The van der Waals surface area contributed by atoms with Crippen LogP contribution in [0.4, 0.5) is 0 Å². The number of rotatable bonds is 6. The van der Waals surface area contributed by atoms with Gasteiger partial charge in [-0.2, -0.15) is 0 Å². The Morgan fingerprint density at radius 1 is 1.29 bits per heavy atom. The van der Waals surface area contributed by atoms with Crippen molar-refractivity contribution in [1.29, 1.82) is 0 Å². The van der Waals surface area contributed by atoms with Gasteiger partial charge in [0.2, 0.25) is 0 Å². The molecule has 0 atom stereocenters. The van der Waals surface area contributed by atoms with E-state index < -0.39 is 0 Å². The van der Waals surface area contributed by atoms with Gasteiger partial charge in [-0.15, -0.1) is 0 Å². The van der Waals surface area contributed by atoms with Crippen LogP contribution in [-0.4, -0.2) is 59.9 Å². The molecule has 0 spiro atoms. The van der Waals surface area contributed by atoms with Crippen LogP contribution in [0.3, 0.4) is 0 Å². The highest BCUT2D eigenvalue weighted by atomic mass is 16.5. The van der Waals surface area contributed by atoms with Crippen LogP contribution in [0.1, 0.15) is 25.0 Å². The number of nitrogens with zero attached hydrogens (tertiary/aromatic N) is 2. The molecule has 1 aliphatic heterocycles. The second kappa shape index (κ2) is 7.20. The van der Waals surface area contributed by atoms with Crippen molar-refractivity contribution in [1.82, 2.24) is 15.2 Å². The van der Waals surface area contributed by atoms with E-state index in [2.05, 4.69) is 21.3 Å². The molecule has 0 radical (unpaired) electrons. The highest BCUT2D eigenvalue weighted by Gasteiger charge is 2.28. The summed E-state index contributed by atoms with van der Waals surface area (Å²) in [7, 11) is 0. The van der Waals surface area contributed by atoms with E-state index in [9.17, 15) is 5.11 Å². The summed E-state index contributed by atoms with van der Waals surface area (Å²) in [4.78, 5) is 6.98. The van der Waals surface area contributed by atoms with Gasteiger partial charge in [-0.3, -0.25) is 4.98 Å². The fourth-order valence-electron chi connectivity index (χ4n) is 2.87. The zero-order valence-corrected chi connectivity index (χ0v) is 12.5. The van der Waals surface area contributed by atoms with Gasteiger partial charge in [-0.05, 0) is 31.5 Å². The molecule has 0 amide bonds. The van der Waals surface area contributed by atoms with Crippen molar-refractivity contribution < 1.29 is 9.84 Å². The summed E-state index contributed by atoms with van der Waals surface area (Å²) in [6.45, 7) is 5.70. The molecule has 3 rings (SSSR count). The lowest BCUT2D eigenvalue weighted by Gasteiger charge is -2.31. The monoisotopic (exact) mass is 291 g/mol. The zero-order chi connectivity index (χ0) is 14.5. The molecule has 2 aliphatic rings. The Kier molecular flexibility index (Phi) is 5.06. The summed E-state index contributed by atoms with van der Waals surface area (Å²) >= 11 is 0. The average molecular weight is 291 g/mol. The molecule has 2 fully saturated rings. The van der Waals surface area contributed by atoms with Crippen LogP contribution < -0.4 is 10.1 Å². The van der Waals surface area contributed by atoms with E-state index in [1.165, 1.54) is 0 Å². The number of ether oxygens (including phenoxy) is 1. The maximum Gasteiger partial charge on any atom is 0.138 e. The minimum atomic E-state index is -0.174. The number of nitrogens with one attached hydrogen (secondary N) is 1. The van der Waals surface area contributed by atoms with E-state index in [1.807, 2.05) is 12.3 Å². The van der Waals surface area contributed by atoms with Gasteiger partial charge in [0, 0.05) is 44.7 Å². The predicted octanol–water partition coefficient (Wildman–Crippen LogP) is 0.821. The molecule has 1 aromatic heterocycles. The Labute approximate surface area is 126 Å². The van der Waals surface area contributed by atoms with Gasteiger partial charge in [0.1, 0.15) is 11.9 Å². The third-order valence-corrected chi connectivity index (χ3v) is 4.29. The normalized spacial score (nSPS) is 26.3. The quantitative estimate of drug-likeness (QED) is 0.813. The minimum Gasteiger partial charge on any atom is -0.489 e. The van der Waals surface area contributed by atoms with E-state index in [0.717, 1.165) is 69.9 Å². The Bertz CT molecular complexity index is 426. The molecule has 0 unspecified atom stereocenters. The van der Waals surface area contributed by atoms with E-state index in [0.29, 0.717) is 0 Å². The third kappa shape index (κ3) is 4.40. The van der Waals surface area contributed by atoms with E-state index >= 15 is 0 Å². The first-order valence-electron chi connectivity index (χ1n) is 8.02. The minimum absolute atomic E-state index is 0.167. The average Bonchev–Trinajstić information content (AvgIpc) is 2.48. The molecule has 0 bridgehead atoms. The summed E-state index contributed by atoms with van der Waals surface area (Å²) in [5, 5.41) is 12.6. The van der Waals surface area contributed by atoms with Crippen LogP contribution in [0.2, 0.25) is 0 Å². The topological polar surface area (TPSA) is 57.6 Å². The summed E-state index contributed by atoms with van der Waals surface area (Å²) in [5.41, 5.74) is 1.13. The molecule has 21 heavy (non-hydrogen) atoms. The van der Waals surface area contributed by atoms with Crippen LogP contribution in [0.5, 0.6) is 5.75 Å². The van der Waals surface area contributed by atoms with Gasteiger partial charge in [-0.25, -0.2) is 0 Å². The van der Waals surface area contributed by atoms with Gasteiger partial charge < -0.3 is 20.1 Å². The first-order chi connectivity index (χ1) is 10.3. The van der Waals surface area contributed by atoms with Crippen LogP contribution >= 0.6 is 0 Å². The van der Waals surface area contributed by atoms with E-state index in [4.69, 9.17) is 4.74 Å². The first kappa shape index (κ1) is 14.8. The summed E-state index contributed by atoms with van der Waals surface area (Å²) in [6, 6.07) is 4.06. The SMILES string of the molecule is OC1CC(Oc2ccc(CCCN3CCNCC3)nc2)C1. The van der Waals surface area contributed by atoms with Gasteiger partial charge >= 0.3 is 0 Å². The molecule has 5 heteroatoms. The van der Waals surface area contributed by atoms with Crippen molar-refractivity contribution in [2.75, 3.05) is 32.7 Å². The molecule has 0 aromatic carbocycles. The van der Waals surface area contributed by atoms with Gasteiger partial charge in [-0.1, -0.05) is 0 Å². The number of pyridine rings is 1. The number of piperazine rings is 1. The molecule has 1 saturated heterocycles. The highest BCUT2D eigenvalue weighted by Crippen LogP contribution is 2.25. The van der Waals surface area contributed by atoms with Crippen molar-refractivity contribution in [3.63, 3.8) is 0 Å². The molecule has 1 saturated carbocycles. The molecular weight excluding hydrogens is 266 g/mol. The van der Waals surface area contributed by atoms with E-state index in [1.54, 1.807) is 0 Å². The smallest absolute Gasteiger partial charge is 0.138 e. The maximum atomic E-state index is 9.24. The highest BCUT2D eigenvalue weighted by molar-refractivity contribution is 5.20. The second-order valence-electron chi connectivity index (χ2n) is 6.05. The van der Waals surface area contributed by atoms with Crippen LogP contribution in [0.25, 0.3) is 0 Å². The molecule has 1 aromatic rings. The van der Waals surface area contributed by atoms with Crippen LogP contribution in [-0.2, 0) is 6.42 Å². The number of hydrogen-bond acceptors (Lipinski definition) is 5. The van der Waals surface area contributed by atoms with Crippen molar-refractivity contribution >= 4 is 0 Å². The Hall–Kier alpha value is -1.17. The number of aliphatic hydroxyl groups excluding tert-OH is 1. The molecule has 2 heterocycles. The van der Waals surface area contributed by atoms with Gasteiger partial charge in [0.15, 0.2) is 0 Å². The molecule has 5 nitrogen and oxygen atoms in total. The van der Waals surface area contributed by atoms with E-state index in [-0.39, 0.29) is 12.2 Å². The van der Waals surface area contributed by atoms with Crippen LogP contribution in [0.15, 0.2) is 18.3 Å². The Morgan fingerprint density at radius 2 is 2.10 bits per heavy atom. The number of hydrogen-bond donors (Lipinski definition) is 2. The number of aryl methyl sites for hydroxylation is 1. The molecule has 1 aliphatic carbocycles. The molecule has 2 N–H and O–H groups in total. The van der Waals surface area contributed by atoms with Crippen molar-refractivity contribution in [2.24, 2.45) is 0 Å². The summed E-state index contributed by atoms with van der Waals surface area (Å²) < 4.78 is 5.74. The van der Waals surface area contributed by atoms with Crippen molar-refractivity contribution in [3.05, 3.63) is 24.0 Å². The number of aromatic nitrogens is 1. The van der Waals surface area contributed by atoms with Crippen LogP contribution in [0, 0.1) is 0 Å². The third-order valence-electron chi connectivity index (χ3n) is 4.29. The largest absolute Gasteiger partial charge is 0.489 e. The summed E-state index contributed by atoms with van der Waals surface area (Å²) in [6.07, 6.45) is 5.46. The first-order valence-corrected chi connectivity index (χ1v) is 8.02. The Morgan fingerprint density at radius 3 is 2.76 bits per heavy atom. The fourth-order valence-corrected chi connectivity index (χ4v) is 2.87. The van der Waals surface area contributed by atoms with Gasteiger partial charge in [0.05, 0.1) is 12.3 Å². The van der Waals surface area contributed by atoms with Crippen molar-refractivity contribution in [2.45, 2.75) is 37.9 Å². The summed E-state index contributed by atoms with van der Waals surface area (Å²) in [5.74, 6) is 0.817. The lowest BCUT2D eigenvalue weighted by Crippen LogP contribution is -2.43. The predicted molar refractivity (Wildman–Crippen MR) is 81.5 cm³/mol. The molecule has 116 valence electrons. The number of aliphatic hydroxyl groups is 1. The fraction of sp³-hybridized carbons (Fsp3) is 0.688. The second-order valence-corrected chi connectivity index (χ2v) is 6.05. The Balaban J connectivity index is 1.37. The molecular formula is C16H25N3O2. The van der Waals surface area contributed by atoms with Gasteiger partial charge in [0.25, 0.3) is 0 Å². The zero-order valence-electron chi connectivity index (χ0n) is 12.5.